The van der Waals surface area contributed by atoms with E-state index >= 15 is 0 Å². The Labute approximate surface area is 159 Å². The zero-order valence-corrected chi connectivity index (χ0v) is 15.0. The molecule has 10 heteroatoms. The first kappa shape index (κ1) is 20.6. The Morgan fingerprint density at radius 2 is 1.71 bits per heavy atom. The SMILES string of the molecule is CN(CC(=O)Nc1ccc(F)cc1)C(=O)CNC(=O)CNC(=O)c1ccco1. The average molecular weight is 390 g/mol. The van der Waals surface area contributed by atoms with E-state index in [9.17, 15) is 23.6 Å². The van der Waals surface area contributed by atoms with Crippen molar-refractivity contribution in [3.05, 3.63) is 54.2 Å². The Morgan fingerprint density at radius 3 is 2.36 bits per heavy atom. The molecule has 2 rings (SSSR count). The fourth-order valence-electron chi connectivity index (χ4n) is 2.06. The molecule has 148 valence electrons. The fourth-order valence-corrected chi connectivity index (χ4v) is 2.06. The van der Waals surface area contributed by atoms with Crippen LogP contribution in [0.4, 0.5) is 10.1 Å². The van der Waals surface area contributed by atoms with Crippen molar-refractivity contribution < 1.29 is 28.0 Å². The summed E-state index contributed by atoms with van der Waals surface area (Å²) in [6.45, 7) is -0.918. The van der Waals surface area contributed by atoms with Gasteiger partial charge in [0, 0.05) is 12.7 Å². The number of halogens is 1. The number of likely N-dealkylation sites (N-methyl/N-ethyl adjacent to an activating group) is 1. The van der Waals surface area contributed by atoms with Crippen LogP contribution < -0.4 is 16.0 Å². The molecule has 0 atom stereocenters. The number of nitrogens with zero attached hydrogens (tertiary/aromatic N) is 1. The van der Waals surface area contributed by atoms with Crippen LogP contribution in [0.3, 0.4) is 0 Å². The quantitative estimate of drug-likeness (QED) is 0.601. The average Bonchev–Trinajstić information content (AvgIpc) is 3.20. The number of furan rings is 1. The summed E-state index contributed by atoms with van der Waals surface area (Å²) in [6, 6.07) is 8.17. The molecule has 1 heterocycles. The predicted molar refractivity (Wildman–Crippen MR) is 96.7 cm³/mol. The van der Waals surface area contributed by atoms with E-state index in [2.05, 4.69) is 16.0 Å². The fraction of sp³-hybridized carbons (Fsp3) is 0.222. The zero-order chi connectivity index (χ0) is 20.5. The van der Waals surface area contributed by atoms with Gasteiger partial charge in [0.05, 0.1) is 25.9 Å². The Balaban J connectivity index is 1.68. The van der Waals surface area contributed by atoms with E-state index in [1.54, 1.807) is 0 Å². The van der Waals surface area contributed by atoms with Crippen molar-refractivity contribution in [1.29, 1.82) is 0 Å². The first-order valence-corrected chi connectivity index (χ1v) is 8.23. The number of rotatable bonds is 8. The molecule has 0 radical (unpaired) electrons. The number of anilines is 1. The van der Waals surface area contributed by atoms with Crippen LogP contribution in [-0.2, 0) is 14.4 Å². The van der Waals surface area contributed by atoms with E-state index in [-0.39, 0.29) is 25.4 Å². The highest BCUT2D eigenvalue weighted by atomic mass is 19.1. The molecule has 0 saturated carbocycles. The first-order chi connectivity index (χ1) is 13.3. The van der Waals surface area contributed by atoms with Gasteiger partial charge >= 0.3 is 0 Å². The lowest BCUT2D eigenvalue weighted by atomic mass is 10.3. The summed E-state index contributed by atoms with van der Waals surface area (Å²) in [5, 5.41) is 7.21. The van der Waals surface area contributed by atoms with Crippen molar-refractivity contribution in [2.75, 3.05) is 32.0 Å². The minimum atomic E-state index is -0.572. The lowest BCUT2D eigenvalue weighted by Gasteiger charge is -2.17. The van der Waals surface area contributed by atoms with Gasteiger partial charge in [0.1, 0.15) is 5.82 Å². The summed E-state index contributed by atoms with van der Waals surface area (Å²) >= 11 is 0. The molecule has 1 aromatic heterocycles. The van der Waals surface area contributed by atoms with Gasteiger partial charge in [-0.05, 0) is 36.4 Å². The maximum absolute atomic E-state index is 12.8. The third kappa shape index (κ3) is 6.56. The highest BCUT2D eigenvalue weighted by molar-refractivity contribution is 5.96. The van der Waals surface area contributed by atoms with Crippen LogP contribution in [0.2, 0.25) is 0 Å². The van der Waals surface area contributed by atoms with Crippen LogP contribution in [0, 0.1) is 5.82 Å². The summed E-state index contributed by atoms with van der Waals surface area (Å²) in [7, 11) is 1.40. The Morgan fingerprint density at radius 1 is 1.00 bits per heavy atom. The molecule has 0 bridgehead atoms. The van der Waals surface area contributed by atoms with E-state index in [1.807, 2.05) is 0 Å². The van der Waals surface area contributed by atoms with E-state index in [4.69, 9.17) is 4.42 Å². The van der Waals surface area contributed by atoms with Gasteiger partial charge in [0.15, 0.2) is 5.76 Å². The molecule has 9 nitrogen and oxygen atoms in total. The van der Waals surface area contributed by atoms with E-state index < -0.39 is 29.4 Å². The highest BCUT2D eigenvalue weighted by Crippen LogP contribution is 2.08. The summed E-state index contributed by atoms with van der Waals surface area (Å²) < 4.78 is 17.7. The van der Waals surface area contributed by atoms with Gasteiger partial charge in [-0.3, -0.25) is 19.2 Å². The van der Waals surface area contributed by atoms with Crippen LogP contribution in [0.25, 0.3) is 0 Å². The number of hydrogen-bond acceptors (Lipinski definition) is 5. The molecule has 3 N–H and O–H groups in total. The van der Waals surface area contributed by atoms with Gasteiger partial charge in [-0.15, -0.1) is 0 Å². The van der Waals surface area contributed by atoms with Crippen LogP contribution in [0.1, 0.15) is 10.6 Å². The lowest BCUT2D eigenvalue weighted by molar-refractivity contribution is -0.134. The molecule has 1 aromatic carbocycles. The standard InChI is InChI=1S/C18H19FN4O5/c1-23(11-16(25)22-13-6-4-12(19)5-7-13)17(26)10-20-15(24)9-21-18(27)14-3-2-8-28-14/h2-8H,9-11H2,1H3,(H,20,24)(H,21,27)(H,22,25). The second-order valence-corrected chi connectivity index (χ2v) is 5.74. The van der Waals surface area contributed by atoms with Crippen LogP contribution in [0.15, 0.2) is 47.1 Å². The molecule has 0 unspecified atom stereocenters. The monoisotopic (exact) mass is 390 g/mol. The summed E-state index contributed by atoms with van der Waals surface area (Å²) in [4.78, 5) is 48.3. The van der Waals surface area contributed by atoms with Gasteiger partial charge in [0.25, 0.3) is 5.91 Å². The minimum Gasteiger partial charge on any atom is -0.459 e. The normalized spacial score (nSPS) is 10.1. The molecule has 0 aliphatic heterocycles. The number of hydrogen-bond donors (Lipinski definition) is 3. The van der Waals surface area contributed by atoms with Crippen molar-refractivity contribution in [3.63, 3.8) is 0 Å². The third-order valence-corrected chi connectivity index (χ3v) is 3.53. The van der Waals surface area contributed by atoms with Crippen LogP contribution in [-0.4, -0.2) is 55.2 Å². The van der Waals surface area contributed by atoms with Crippen molar-refractivity contribution >= 4 is 29.3 Å². The number of amides is 4. The topological polar surface area (TPSA) is 121 Å². The molecule has 0 saturated heterocycles. The van der Waals surface area contributed by atoms with Crippen LogP contribution in [0.5, 0.6) is 0 Å². The second-order valence-electron chi connectivity index (χ2n) is 5.74. The van der Waals surface area contributed by atoms with E-state index in [0.29, 0.717) is 5.69 Å². The second kappa shape index (κ2) is 9.86. The molecule has 28 heavy (non-hydrogen) atoms. The van der Waals surface area contributed by atoms with Crippen molar-refractivity contribution in [3.8, 4) is 0 Å². The summed E-state index contributed by atoms with van der Waals surface area (Å²) in [6.07, 6.45) is 1.33. The Kier molecular flexibility index (Phi) is 7.26. The highest BCUT2D eigenvalue weighted by Gasteiger charge is 2.15. The number of carbonyl (C=O) groups excluding carboxylic acids is 4. The number of carbonyl (C=O) groups is 4. The summed E-state index contributed by atoms with van der Waals surface area (Å²) in [5.74, 6) is -2.46. The predicted octanol–water partition coefficient (Wildman–Crippen LogP) is 0.362. The van der Waals surface area contributed by atoms with Crippen LogP contribution >= 0.6 is 0 Å². The van der Waals surface area contributed by atoms with Gasteiger partial charge in [-0.25, -0.2) is 4.39 Å². The zero-order valence-electron chi connectivity index (χ0n) is 15.0. The maximum atomic E-state index is 12.8. The first-order valence-electron chi connectivity index (χ1n) is 8.23. The largest absolute Gasteiger partial charge is 0.459 e. The van der Waals surface area contributed by atoms with Gasteiger partial charge in [0.2, 0.25) is 17.7 Å². The van der Waals surface area contributed by atoms with Gasteiger partial charge < -0.3 is 25.3 Å². The maximum Gasteiger partial charge on any atom is 0.287 e. The Bertz CT molecular complexity index is 836. The number of nitrogens with one attached hydrogen (secondary N) is 3. The molecule has 4 amide bonds. The Hall–Kier alpha value is -3.69. The van der Waals surface area contributed by atoms with E-state index in [1.165, 1.54) is 49.7 Å². The molecule has 0 spiro atoms. The third-order valence-electron chi connectivity index (χ3n) is 3.53. The molecular weight excluding hydrogens is 371 g/mol. The van der Waals surface area contributed by atoms with Crippen molar-refractivity contribution in [2.24, 2.45) is 0 Å². The van der Waals surface area contributed by atoms with Gasteiger partial charge in [-0.2, -0.15) is 0 Å². The van der Waals surface area contributed by atoms with Crippen molar-refractivity contribution in [1.82, 2.24) is 15.5 Å². The molecule has 0 aliphatic carbocycles. The smallest absolute Gasteiger partial charge is 0.287 e. The van der Waals surface area contributed by atoms with Gasteiger partial charge in [-0.1, -0.05) is 0 Å². The molecular formula is C18H19FN4O5. The lowest BCUT2D eigenvalue weighted by Crippen LogP contribution is -2.44. The summed E-state index contributed by atoms with van der Waals surface area (Å²) in [5.41, 5.74) is 0.396. The number of benzene rings is 1. The minimum absolute atomic E-state index is 0.0655. The molecule has 2 aromatic rings. The molecule has 0 fully saturated rings. The molecule has 0 aliphatic rings. The van der Waals surface area contributed by atoms with Crippen molar-refractivity contribution in [2.45, 2.75) is 0 Å². The van der Waals surface area contributed by atoms with E-state index in [0.717, 1.165) is 4.90 Å².